The van der Waals surface area contributed by atoms with Crippen molar-refractivity contribution in [3.63, 3.8) is 0 Å². The second kappa shape index (κ2) is 8.12. The van der Waals surface area contributed by atoms with Crippen LogP contribution >= 0.6 is 0 Å². The molecule has 1 aromatic rings. The Morgan fingerprint density at radius 1 is 1.11 bits per heavy atom. The van der Waals surface area contributed by atoms with E-state index in [1.807, 2.05) is 11.9 Å². The number of piperazine rings is 1. The molecule has 27 heavy (non-hydrogen) atoms. The minimum Gasteiger partial charge on any atom is -0.495 e. The minimum atomic E-state index is -3.87. The Labute approximate surface area is 159 Å². The highest BCUT2D eigenvalue weighted by Gasteiger charge is 2.35. The van der Waals surface area contributed by atoms with Crippen molar-refractivity contribution in [3.8, 4) is 5.75 Å². The number of benzene rings is 1. The average molecular weight is 399 g/mol. The minimum absolute atomic E-state index is 0.114. The van der Waals surface area contributed by atoms with Crippen molar-refractivity contribution < 1.29 is 22.3 Å². The largest absolute Gasteiger partial charge is 0.495 e. The fourth-order valence-electron chi connectivity index (χ4n) is 3.62. The molecule has 7 nitrogen and oxygen atoms in total. The second-order valence-electron chi connectivity index (χ2n) is 7.10. The first-order valence-corrected chi connectivity index (χ1v) is 10.6. The van der Waals surface area contributed by atoms with E-state index in [9.17, 15) is 17.6 Å². The number of rotatable bonds is 4. The van der Waals surface area contributed by atoms with Gasteiger partial charge in [0.15, 0.2) is 0 Å². The first-order valence-electron chi connectivity index (χ1n) is 9.14. The van der Waals surface area contributed by atoms with Crippen molar-refractivity contribution in [2.24, 2.45) is 5.92 Å². The summed E-state index contributed by atoms with van der Waals surface area (Å²) in [5.41, 5.74) is 0. The van der Waals surface area contributed by atoms with Crippen LogP contribution in [0.4, 0.5) is 4.39 Å². The van der Waals surface area contributed by atoms with Crippen LogP contribution in [0.25, 0.3) is 0 Å². The van der Waals surface area contributed by atoms with Crippen LogP contribution in [0.2, 0.25) is 0 Å². The number of hydrogen-bond donors (Lipinski definition) is 0. The zero-order valence-corrected chi connectivity index (χ0v) is 16.5. The van der Waals surface area contributed by atoms with Crippen molar-refractivity contribution in [1.29, 1.82) is 0 Å². The molecule has 0 atom stereocenters. The van der Waals surface area contributed by atoms with Gasteiger partial charge in [0.1, 0.15) is 16.5 Å². The normalized spacial score (nSPS) is 20.6. The maximum Gasteiger partial charge on any atom is 0.246 e. The summed E-state index contributed by atoms with van der Waals surface area (Å²) in [7, 11) is -0.484. The molecule has 2 heterocycles. The van der Waals surface area contributed by atoms with Crippen molar-refractivity contribution in [1.82, 2.24) is 14.1 Å². The van der Waals surface area contributed by atoms with E-state index in [1.54, 1.807) is 0 Å². The van der Waals surface area contributed by atoms with Crippen LogP contribution in [0.15, 0.2) is 23.1 Å². The van der Waals surface area contributed by atoms with E-state index < -0.39 is 15.8 Å². The Hall–Kier alpha value is -1.71. The number of amides is 1. The summed E-state index contributed by atoms with van der Waals surface area (Å²) in [5.74, 6) is -0.556. The zero-order chi connectivity index (χ0) is 19.6. The molecule has 0 aliphatic carbocycles. The van der Waals surface area contributed by atoms with E-state index >= 15 is 0 Å². The van der Waals surface area contributed by atoms with Crippen LogP contribution in [0.3, 0.4) is 0 Å². The highest BCUT2D eigenvalue weighted by atomic mass is 32.2. The number of carbonyl (C=O) groups excluding carboxylic acids is 1. The molecule has 0 spiro atoms. The average Bonchev–Trinajstić information content (AvgIpc) is 2.68. The molecule has 2 aliphatic rings. The molecule has 2 saturated heterocycles. The van der Waals surface area contributed by atoms with E-state index in [0.717, 1.165) is 19.2 Å². The van der Waals surface area contributed by atoms with Gasteiger partial charge in [0, 0.05) is 45.2 Å². The topological polar surface area (TPSA) is 70.2 Å². The van der Waals surface area contributed by atoms with Gasteiger partial charge in [0.05, 0.1) is 7.11 Å². The zero-order valence-electron chi connectivity index (χ0n) is 15.7. The maximum absolute atomic E-state index is 13.6. The van der Waals surface area contributed by atoms with Crippen molar-refractivity contribution in [3.05, 3.63) is 24.0 Å². The molecule has 1 aromatic carbocycles. The molecule has 2 aliphatic heterocycles. The summed E-state index contributed by atoms with van der Waals surface area (Å²) in [4.78, 5) is 16.6. The highest BCUT2D eigenvalue weighted by Crippen LogP contribution is 2.30. The van der Waals surface area contributed by atoms with Gasteiger partial charge in [-0.2, -0.15) is 4.31 Å². The van der Waals surface area contributed by atoms with Crippen LogP contribution in [-0.4, -0.2) is 81.9 Å². The SMILES string of the molecule is COc1ccc(F)cc1S(=O)(=O)N1CCC(C(=O)N2CCN(C)CC2)CC1. The number of sulfonamides is 1. The van der Waals surface area contributed by atoms with E-state index in [-0.39, 0.29) is 35.6 Å². The number of hydrogen-bond acceptors (Lipinski definition) is 5. The van der Waals surface area contributed by atoms with Crippen LogP contribution in [0, 0.1) is 11.7 Å². The van der Waals surface area contributed by atoms with E-state index in [4.69, 9.17) is 4.74 Å². The lowest BCUT2D eigenvalue weighted by atomic mass is 9.96. The number of ether oxygens (including phenoxy) is 1. The van der Waals surface area contributed by atoms with Crippen LogP contribution in [0.5, 0.6) is 5.75 Å². The Morgan fingerprint density at radius 3 is 2.33 bits per heavy atom. The molecule has 1 amide bonds. The van der Waals surface area contributed by atoms with Gasteiger partial charge in [-0.1, -0.05) is 0 Å². The summed E-state index contributed by atoms with van der Waals surface area (Å²) in [6.45, 7) is 3.64. The van der Waals surface area contributed by atoms with Gasteiger partial charge in [-0.3, -0.25) is 4.79 Å². The van der Waals surface area contributed by atoms with Crippen molar-refractivity contribution in [2.75, 3.05) is 53.4 Å². The quantitative estimate of drug-likeness (QED) is 0.756. The van der Waals surface area contributed by atoms with Gasteiger partial charge in [0.25, 0.3) is 0 Å². The lowest BCUT2D eigenvalue weighted by Gasteiger charge is -2.37. The third kappa shape index (κ3) is 4.25. The first kappa shape index (κ1) is 20.0. The Morgan fingerprint density at radius 2 is 1.74 bits per heavy atom. The van der Waals surface area contributed by atoms with Gasteiger partial charge in [0.2, 0.25) is 15.9 Å². The van der Waals surface area contributed by atoms with Crippen molar-refractivity contribution >= 4 is 15.9 Å². The summed E-state index contributed by atoms with van der Waals surface area (Å²) in [6.07, 6.45) is 0.948. The standard InChI is InChI=1S/C18H26FN3O4S/c1-20-9-11-21(12-10-20)18(23)14-5-7-22(8-6-14)27(24,25)17-13-15(19)3-4-16(17)26-2/h3-4,13-14H,5-12H2,1-2H3. The Balaban J connectivity index is 1.66. The maximum atomic E-state index is 13.6. The van der Waals surface area contributed by atoms with Gasteiger partial charge < -0.3 is 14.5 Å². The van der Waals surface area contributed by atoms with Crippen molar-refractivity contribution in [2.45, 2.75) is 17.7 Å². The number of halogens is 1. The molecule has 0 bridgehead atoms. The second-order valence-corrected chi connectivity index (χ2v) is 9.01. The Kier molecular flexibility index (Phi) is 6.02. The molecule has 2 fully saturated rings. The third-order valence-electron chi connectivity index (χ3n) is 5.36. The molecule has 3 rings (SSSR count). The van der Waals surface area contributed by atoms with E-state index in [1.165, 1.54) is 23.5 Å². The smallest absolute Gasteiger partial charge is 0.246 e. The molecule has 0 saturated carbocycles. The van der Waals surface area contributed by atoms with Crippen LogP contribution < -0.4 is 4.74 Å². The number of methoxy groups -OCH3 is 1. The molecule has 150 valence electrons. The number of carbonyl (C=O) groups is 1. The Bertz CT molecular complexity index is 786. The van der Waals surface area contributed by atoms with Gasteiger partial charge >= 0.3 is 0 Å². The fraction of sp³-hybridized carbons (Fsp3) is 0.611. The predicted octanol–water partition coefficient (Wildman–Crippen LogP) is 1.01. The predicted molar refractivity (Wildman–Crippen MR) is 98.5 cm³/mol. The summed E-state index contributed by atoms with van der Waals surface area (Å²) >= 11 is 0. The first-order chi connectivity index (χ1) is 12.8. The fourth-order valence-corrected chi connectivity index (χ4v) is 5.26. The number of piperidine rings is 1. The number of likely N-dealkylation sites (N-methyl/N-ethyl adjacent to an activating group) is 1. The monoisotopic (exact) mass is 399 g/mol. The van der Waals surface area contributed by atoms with E-state index in [2.05, 4.69) is 4.90 Å². The highest BCUT2D eigenvalue weighted by molar-refractivity contribution is 7.89. The van der Waals surface area contributed by atoms with Gasteiger partial charge in [-0.15, -0.1) is 0 Å². The molecule has 0 aromatic heterocycles. The molecular formula is C18H26FN3O4S. The van der Waals surface area contributed by atoms with Gasteiger partial charge in [-0.05, 0) is 38.1 Å². The van der Waals surface area contributed by atoms with Crippen LogP contribution in [-0.2, 0) is 14.8 Å². The summed E-state index contributed by atoms with van der Waals surface area (Å²) in [5, 5.41) is 0. The van der Waals surface area contributed by atoms with Gasteiger partial charge in [-0.25, -0.2) is 12.8 Å². The van der Waals surface area contributed by atoms with E-state index in [0.29, 0.717) is 25.9 Å². The number of nitrogens with zero attached hydrogens (tertiary/aromatic N) is 3. The molecule has 0 N–H and O–H groups in total. The lowest BCUT2D eigenvalue weighted by Crippen LogP contribution is -2.51. The molecular weight excluding hydrogens is 373 g/mol. The summed E-state index contributed by atoms with van der Waals surface area (Å²) < 4.78 is 45.8. The third-order valence-corrected chi connectivity index (χ3v) is 7.28. The van der Waals surface area contributed by atoms with Crippen LogP contribution in [0.1, 0.15) is 12.8 Å². The molecule has 9 heteroatoms. The lowest BCUT2D eigenvalue weighted by molar-refractivity contribution is -0.138. The summed E-state index contributed by atoms with van der Waals surface area (Å²) in [6, 6.07) is 3.46. The molecule has 0 radical (unpaired) electrons. The molecule has 0 unspecified atom stereocenters.